The van der Waals surface area contributed by atoms with Gasteiger partial charge in [-0.2, -0.15) is 5.10 Å². The zero-order valence-electron chi connectivity index (χ0n) is 10.5. The molecule has 1 aromatic heterocycles. The number of aromatic nitrogens is 2. The third kappa shape index (κ3) is 5.28. The van der Waals surface area contributed by atoms with Crippen LogP contribution in [-0.2, 0) is 13.0 Å². The predicted octanol–water partition coefficient (Wildman–Crippen LogP) is 1.45. The average molecular weight is 224 g/mol. The van der Waals surface area contributed by atoms with E-state index in [1.807, 2.05) is 0 Å². The van der Waals surface area contributed by atoms with Crippen LogP contribution in [-0.4, -0.2) is 29.8 Å². The van der Waals surface area contributed by atoms with Gasteiger partial charge in [-0.25, -0.2) is 0 Å². The monoisotopic (exact) mass is 224 g/mol. The normalized spacial score (nSPS) is 10.9. The van der Waals surface area contributed by atoms with E-state index in [4.69, 9.17) is 0 Å². The van der Waals surface area contributed by atoms with Gasteiger partial charge in [0.05, 0.1) is 5.69 Å². The van der Waals surface area contributed by atoms with E-state index in [-0.39, 0.29) is 0 Å². The van der Waals surface area contributed by atoms with Crippen LogP contribution >= 0.6 is 0 Å². The Bertz CT molecular complexity index is 270. The molecule has 0 bridgehead atoms. The summed E-state index contributed by atoms with van der Waals surface area (Å²) >= 11 is 0. The third-order valence-electron chi connectivity index (χ3n) is 2.50. The summed E-state index contributed by atoms with van der Waals surface area (Å²) in [6.45, 7) is 8.48. The maximum Gasteiger partial charge on any atom is 0.0622 e. The van der Waals surface area contributed by atoms with Crippen LogP contribution in [0, 0.1) is 0 Å². The molecular formula is C12H24N4. The molecule has 4 heteroatoms. The van der Waals surface area contributed by atoms with Crippen LogP contribution in [0.25, 0.3) is 0 Å². The summed E-state index contributed by atoms with van der Waals surface area (Å²) in [5.41, 5.74) is 2.32. The fraction of sp³-hybridized carbons (Fsp3) is 0.750. The molecule has 3 N–H and O–H groups in total. The lowest BCUT2D eigenvalue weighted by Crippen LogP contribution is -2.22. The lowest BCUT2D eigenvalue weighted by Gasteiger charge is -2.04. The van der Waals surface area contributed by atoms with E-state index in [2.05, 4.69) is 40.7 Å². The third-order valence-corrected chi connectivity index (χ3v) is 2.50. The molecule has 0 aliphatic carbocycles. The molecule has 0 fully saturated rings. The molecule has 0 amide bonds. The minimum Gasteiger partial charge on any atom is -0.317 e. The van der Waals surface area contributed by atoms with Gasteiger partial charge in [0.15, 0.2) is 0 Å². The Labute approximate surface area is 98.2 Å². The molecule has 0 saturated carbocycles. The Morgan fingerprint density at radius 2 is 2.00 bits per heavy atom. The van der Waals surface area contributed by atoms with Crippen molar-refractivity contribution in [2.45, 2.75) is 39.7 Å². The van der Waals surface area contributed by atoms with E-state index in [9.17, 15) is 0 Å². The molecule has 0 aromatic carbocycles. The van der Waals surface area contributed by atoms with E-state index in [1.165, 1.54) is 18.5 Å². The van der Waals surface area contributed by atoms with Gasteiger partial charge in [-0.15, -0.1) is 0 Å². The van der Waals surface area contributed by atoms with Crippen molar-refractivity contribution in [2.24, 2.45) is 0 Å². The van der Waals surface area contributed by atoms with Crippen LogP contribution in [0.4, 0.5) is 0 Å². The summed E-state index contributed by atoms with van der Waals surface area (Å²) in [7, 11) is 0. The van der Waals surface area contributed by atoms with Crippen molar-refractivity contribution in [3.8, 4) is 0 Å². The second-order valence-electron chi connectivity index (χ2n) is 4.02. The second kappa shape index (κ2) is 8.30. The molecule has 92 valence electrons. The maximum absolute atomic E-state index is 4.20. The Kier molecular flexibility index (Phi) is 6.85. The Hall–Kier alpha value is -0.870. The first-order chi connectivity index (χ1) is 7.86. The quantitative estimate of drug-likeness (QED) is 0.557. The summed E-state index contributed by atoms with van der Waals surface area (Å²) in [4.78, 5) is 0. The van der Waals surface area contributed by atoms with Crippen LogP contribution in [0.15, 0.2) is 6.07 Å². The van der Waals surface area contributed by atoms with Crippen LogP contribution in [0.5, 0.6) is 0 Å². The molecular weight excluding hydrogens is 200 g/mol. The lowest BCUT2D eigenvalue weighted by atomic mass is 10.3. The van der Waals surface area contributed by atoms with E-state index >= 15 is 0 Å². The number of nitrogens with one attached hydrogen (secondary N) is 3. The van der Waals surface area contributed by atoms with Crippen molar-refractivity contribution in [2.75, 3.05) is 19.6 Å². The van der Waals surface area contributed by atoms with Gasteiger partial charge in [0.1, 0.15) is 0 Å². The van der Waals surface area contributed by atoms with Crippen LogP contribution in [0.1, 0.15) is 38.1 Å². The Morgan fingerprint density at radius 1 is 1.19 bits per heavy atom. The summed E-state index contributed by atoms with van der Waals surface area (Å²) in [5, 5.41) is 14.0. The second-order valence-corrected chi connectivity index (χ2v) is 4.02. The average Bonchev–Trinajstić information content (AvgIpc) is 2.76. The molecule has 0 saturated heterocycles. The molecule has 1 heterocycles. The molecule has 0 aliphatic rings. The number of nitrogens with zero attached hydrogens (tertiary/aromatic N) is 1. The van der Waals surface area contributed by atoms with Crippen molar-refractivity contribution in [1.29, 1.82) is 0 Å². The largest absolute Gasteiger partial charge is 0.317 e. The van der Waals surface area contributed by atoms with Crippen molar-refractivity contribution in [3.05, 3.63) is 17.5 Å². The number of aryl methyl sites for hydroxylation is 1. The van der Waals surface area contributed by atoms with Gasteiger partial charge in [-0.1, -0.05) is 13.8 Å². The van der Waals surface area contributed by atoms with Crippen molar-refractivity contribution in [1.82, 2.24) is 20.8 Å². The van der Waals surface area contributed by atoms with E-state index in [1.54, 1.807) is 0 Å². The fourth-order valence-electron chi connectivity index (χ4n) is 1.54. The fourth-order valence-corrected chi connectivity index (χ4v) is 1.54. The van der Waals surface area contributed by atoms with Gasteiger partial charge in [0.2, 0.25) is 0 Å². The highest BCUT2D eigenvalue weighted by atomic mass is 15.1. The zero-order chi connectivity index (χ0) is 11.6. The van der Waals surface area contributed by atoms with E-state index < -0.39 is 0 Å². The molecule has 0 aliphatic heterocycles. The van der Waals surface area contributed by atoms with Crippen molar-refractivity contribution < 1.29 is 0 Å². The molecule has 1 aromatic rings. The summed E-state index contributed by atoms with van der Waals surface area (Å²) in [6, 6.07) is 2.13. The van der Waals surface area contributed by atoms with Crippen LogP contribution in [0.2, 0.25) is 0 Å². The number of hydrogen-bond acceptors (Lipinski definition) is 3. The van der Waals surface area contributed by atoms with Gasteiger partial charge in [0.25, 0.3) is 0 Å². The number of hydrogen-bond donors (Lipinski definition) is 3. The van der Waals surface area contributed by atoms with Gasteiger partial charge < -0.3 is 10.6 Å². The number of rotatable bonds is 9. The first-order valence-electron chi connectivity index (χ1n) is 6.31. The lowest BCUT2D eigenvalue weighted by molar-refractivity contribution is 0.588. The smallest absolute Gasteiger partial charge is 0.0622 e. The topological polar surface area (TPSA) is 52.7 Å². The van der Waals surface area contributed by atoms with Gasteiger partial charge in [-0.05, 0) is 45.0 Å². The summed E-state index contributed by atoms with van der Waals surface area (Å²) in [5.74, 6) is 0. The maximum atomic E-state index is 4.20. The first kappa shape index (κ1) is 13.2. The minimum absolute atomic E-state index is 0.890. The molecule has 0 radical (unpaired) electrons. The molecule has 16 heavy (non-hydrogen) atoms. The van der Waals surface area contributed by atoms with Crippen molar-refractivity contribution in [3.63, 3.8) is 0 Å². The highest BCUT2D eigenvalue weighted by Crippen LogP contribution is 1.99. The van der Waals surface area contributed by atoms with Crippen LogP contribution in [0.3, 0.4) is 0 Å². The minimum atomic E-state index is 0.890. The SMILES string of the molecule is CCCNCCCNCc1cc(CC)n[nH]1. The predicted molar refractivity (Wildman–Crippen MR) is 67.5 cm³/mol. The highest BCUT2D eigenvalue weighted by molar-refractivity contribution is 5.07. The van der Waals surface area contributed by atoms with E-state index in [0.717, 1.165) is 38.3 Å². The summed E-state index contributed by atoms with van der Waals surface area (Å²) < 4.78 is 0. The molecule has 0 atom stereocenters. The molecule has 1 rings (SSSR count). The molecule has 4 nitrogen and oxygen atoms in total. The number of H-pyrrole nitrogens is 1. The standard InChI is InChI=1S/C12H24N4/c1-3-6-13-7-5-8-14-10-12-9-11(4-2)15-16-12/h9,13-14H,3-8,10H2,1-2H3,(H,15,16). The Balaban J connectivity index is 1.98. The Morgan fingerprint density at radius 3 is 2.69 bits per heavy atom. The summed E-state index contributed by atoms with van der Waals surface area (Å²) in [6.07, 6.45) is 3.38. The van der Waals surface area contributed by atoms with Gasteiger partial charge >= 0.3 is 0 Å². The van der Waals surface area contributed by atoms with E-state index in [0.29, 0.717) is 0 Å². The molecule has 0 spiro atoms. The van der Waals surface area contributed by atoms with Crippen molar-refractivity contribution >= 4 is 0 Å². The van der Waals surface area contributed by atoms with Gasteiger partial charge in [0, 0.05) is 12.2 Å². The zero-order valence-corrected chi connectivity index (χ0v) is 10.5. The number of aromatic amines is 1. The highest BCUT2D eigenvalue weighted by Gasteiger charge is 1.97. The first-order valence-corrected chi connectivity index (χ1v) is 6.31. The molecule has 0 unspecified atom stereocenters. The van der Waals surface area contributed by atoms with Crippen LogP contribution < -0.4 is 10.6 Å². The van der Waals surface area contributed by atoms with Gasteiger partial charge in [-0.3, -0.25) is 5.10 Å².